The number of pyridine rings is 1. The first-order valence-electron chi connectivity index (χ1n) is 4.43. The van der Waals surface area contributed by atoms with Gasteiger partial charge in [-0.3, -0.25) is 0 Å². The Morgan fingerprint density at radius 2 is 2.21 bits per heavy atom. The zero-order chi connectivity index (χ0) is 10.2. The highest BCUT2D eigenvalue weighted by Crippen LogP contribution is 2.25. The standard InChI is InChI=1S/C9H11NO3S/c1-7-3-4-8-9(10-7)13-5-2-6-14(8,11)12/h3-4H,2,5-6H2,1H3. The van der Waals surface area contributed by atoms with Gasteiger partial charge in [-0.15, -0.1) is 0 Å². The van der Waals surface area contributed by atoms with Crippen LogP contribution in [0.2, 0.25) is 0 Å². The maximum Gasteiger partial charge on any atom is 0.232 e. The molecular weight excluding hydrogens is 202 g/mol. The maximum atomic E-state index is 11.7. The number of sulfone groups is 1. The average molecular weight is 213 g/mol. The van der Waals surface area contributed by atoms with Crippen molar-refractivity contribution >= 4 is 9.84 Å². The SMILES string of the molecule is Cc1ccc2c(n1)OCCCS2(=O)=O. The van der Waals surface area contributed by atoms with Crippen molar-refractivity contribution in [2.75, 3.05) is 12.4 Å². The van der Waals surface area contributed by atoms with Crippen LogP contribution in [0, 0.1) is 6.92 Å². The Morgan fingerprint density at radius 1 is 1.43 bits per heavy atom. The second kappa shape index (κ2) is 3.24. The average Bonchev–Trinajstić information content (AvgIpc) is 2.25. The molecular formula is C9H11NO3S. The van der Waals surface area contributed by atoms with E-state index in [9.17, 15) is 8.42 Å². The summed E-state index contributed by atoms with van der Waals surface area (Å²) < 4.78 is 28.6. The first-order valence-corrected chi connectivity index (χ1v) is 6.08. The molecule has 0 fully saturated rings. The molecule has 0 unspecified atom stereocenters. The van der Waals surface area contributed by atoms with Gasteiger partial charge in [-0.2, -0.15) is 0 Å². The lowest BCUT2D eigenvalue weighted by atomic mass is 10.4. The Morgan fingerprint density at radius 3 is 3.00 bits per heavy atom. The van der Waals surface area contributed by atoms with Crippen LogP contribution in [0.25, 0.3) is 0 Å². The second-order valence-electron chi connectivity index (χ2n) is 3.28. The molecule has 14 heavy (non-hydrogen) atoms. The van der Waals surface area contributed by atoms with Crippen LogP contribution in [0.5, 0.6) is 5.88 Å². The third-order valence-electron chi connectivity index (χ3n) is 2.10. The molecule has 0 bridgehead atoms. The van der Waals surface area contributed by atoms with E-state index in [1.54, 1.807) is 19.1 Å². The van der Waals surface area contributed by atoms with E-state index in [1.165, 1.54) is 0 Å². The second-order valence-corrected chi connectivity index (χ2v) is 5.35. The number of hydrogen-bond donors (Lipinski definition) is 0. The molecule has 0 radical (unpaired) electrons. The van der Waals surface area contributed by atoms with E-state index < -0.39 is 9.84 Å². The van der Waals surface area contributed by atoms with Gasteiger partial charge in [-0.25, -0.2) is 13.4 Å². The van der Waals surface area contributed by atoms with Crippen molar-refractivity contribution in [1.82, 2.24) is 4.98 Å². The molecule has 0 spiro atoms. The summed E-state index contributed by atoms with van der Waals surface area (Å²) in [5.74, 6) is 0.396. The van der Waals surface area contributed by atoms with Crippen molar-refractivity contribution in [1.29, 1.82) is 0 Å². The van der Waals surface area contributed by atoms with Gasteiger partial charge in [0.1, 0.15) is 4.90 Å². The van der Waals surface area contributed by atoms with E-state index in [4.69, 9.17) is 4.74 Å². The van der Waals surface area contributed by atoms with Gasteiger partial charge in [0.05, 0.1) is 12.4 Å². The molecule has 2 rings (SSSR count). The van der Waals surface area contributed by atoms with Gasteiger partial charge in [-0.05, 0) is 25.5 Å². The Hall–Kier alpha value is -1.10. The van der Waals surface area contributed by atoms with Crippen molar-refractivity contribution in [2.45, 2.75) is 18.2 Å². The number of aryl methyl sites for hydroxylation is 1. The fourth-order valence-corrected chi connectivity index (χ4v) is 2.75. The zero-order valence-corrected chi connectivity index (χ0v) is 8.67. The number of ether oxygens (including phenoxy) is 1. The quantitative estimate of drug-likeness (QED) is 0.643. The van der Waals surface area contributed by atoms with Crippen molar-refractivity contribution in [3.05, 3.63) is 17.8 Å². The van der Waals surface area contributed by atoms with Crippen LogP contribution in [0.3, 0.4) is 0 Å². The molecule has 0 saturated carbocycles. The molecule has 76 valence electrons. The van der Waals surface area contributed by atoms with E-state index in [2.05, 4.69) is 4.98 Å². The van der Waals surface area contributed by atoms with Crippen LogP contribution >= 0.6 is 0 Å². The Labute approximate surface area is 82.8 Å². The van der Waals surface area contributed by atoms with E-state index >= 15 is 0 Å². The molecule has 2 heterocycles. The summed E-state index contributed by atoms with van der Waals surface area (Å²) >= 11 is 0. The monoisotopic (exact) mass is 213 g/mol. The lowest BCUT2D eigenvalue weighted by molar-refractivity contribution is 0.301. The minimum absolute atomic E-state index is 0.144. The van der Waals surface area contributed by atoms with Crippen LogP contribution < -0.4 is 4.74 Å². The maximum absolute atomic E-state index is 11.7. The summed E-state index contributed by atoms with van der Waals surface area (Å²) in [5.41, 5.74) is 0.765. The summed E-state index contributed by atoms with van der Waals surface area (Å²) in [7, 11) is -3.18. The van der Waals surface area contributed by atoms with Crippen LogP contribution in [0.15, 0.2) is 17.0 Å². The lowest BCUT2D eigenvalue weighted by Crippen LogP contribution is -2.05. The molecule has 1 aromatic rings. The topological polar surface area (TPSA) is 56.3 Å². The summed E-state index contributed by atoms with van der Waals surface area (Å²) in [6.07, 6.45) is 0.526. The fourth-order valence-electron chi connectivity index (χ4n) is 1.39. The molecule has 0 N–H and O–H groups in total. The number of rotatable bonds is 0. The van der Waals surface area contributed by atoms with Crippen LogP contribution in [-0.4, -0.2) is 25.8 Å². The minimum atomic E-state index is -3.18. The fraction of sp³-hybridized carbons (Fsp3) is 0.444. The molecule has 5 heteroatoms. The number of nitrogens with zero attached hydrogens (tertiary/aromatic N) is 1. The van der Waals surface area contributed by atoms with Gasteiger partial charge in [-0.1, -0.05) is 0 Å². The molecule has 0 amide bonds. The Bertz CT molecular complexity index is 453. The smallest absolute Gasteiger partial charge is 0.232 e. The van der Waals surface area contributed by atoms with Crippen molar-refractivity contribution in [3.8, 4) is 5.88 Å². The van der Waals surface area contributed by atoms with E-state index in [1.807, 2.05) is 0 Å². The summed E-state index contributed by atoms with van der Waals surface area (Å²) in [6.45, 7) is 2.23. The summed E-state index contributed by atoms with van der Waals surface area (Å²) in [6, 6.07) is 3.25. The molecule has 0 saturated heterocycles. The summed E-state index contributed by atoms with van der Waals surface area (Å²) in [4.78, 5) is 4.29. The molecule has 0 aliphatic carbocycles. The lowest BCUT2D eigenvalue weighted by Gasteiger charge is -2.05. The van der Waals surface area contributed by atoms with Crippen LogP contribution in [-0.2, 0) is 9.84 Å². The first kappa shape index (κ1) is 9.45. The first-order chi connectivity index (χ1) is 6.59. The van der Waals surface area contributed by atoms with Gasteiger partial charge >= 0.3 is 0 Å². The van der Waals surface area contributed by atoms with Crippen molar-refractivity contribution in [3.63, 3.8) is 0 Å². The predicted octanol–water partition coefficient (Wildman–Crippen LogP) is 0.946. The van der Waals surface area contributed by atoms with Crippen LogP contribution in [0.1, 0.15) is 12.1 Å². The number of fused-ring (bicyclic) bond motifs is 1. The molecule has 0 aromatic carbocycles. The molecule has 4 nitrogen and oxygen atoms in total. The molecule has 0 atom stereocenters. The van der Waals surface area contributed by atoms with Gasteiger partial charge in [0, 0.05) is 5.69 Å². The number of aromatic nitrogens is 1. The van der Waals surface area contributed by atoms with Gasteiger partial charge in [0.15, 0.2) is 9.84 Å². The Balaban J connectivity index is 2.62. The molecule has 1 aliphatic rings. The van der Waals surface area contributed by atoms with Crippen molar-refractivity contribution < 1.29 is 13.2 Å². The van der Waals surface area contributed by atoms with Gasteiger partial charge in [0.2, 0.25) is 5.88 Å². The third-order valence-corrected chi connectivity index (χ3v) is 3.90. The van der Waals surface area contributed by atoms with E-state index in [-0.39, 0.29) is 16.5 Å². The molecule has 1 aliphatic heterocycles. The zero-order valence-electron chi connectivity index (χ0n) is 7.86. The summed E-state index contributed by atoms with van der Waals surface area (Å²) in [5, 5.41) is 0. The van der Waals surface area contributed by atoms with Gasteiger partial charge < -0.3 is 4.74 Å². The normalized spacial score (nSPS) is 19.2. The van der Waals surface area contributed by atoms with Crippen LogP contribution in [0.4, 0.5) is 0 Å². The third kappa shape index (κ3) is 1.59. The minimum Gasteiger partial charge on any atom is -0.477 e. The highest BCUT2D eigenvalue weighted by atomic mass is 32.2. The van der Waals surface area contributed by atoms with E-state index in [0.717, 1.165) is 5.69 Å². The molecule has 1 aromatic heterocycles. The van der Waals surface area contributed by atoms with Gasteiger partial charge in [0.25, 0.3) is 0 Å². The van der Waals surface area contributed by atoms with E-state index in [0.29, 0.717) is 13.0 Å². The largest absolute Gasteiger partial charge is 0.477 e. The predicted molar refractivity (Wildman–Crippen MR) is 51.1 cm³/mol. The Kier molecular flexibility index (Phi) is 2.19. The number of hydrogen-bond acceptors (Lipinski definition) is 4. The van der Waals surface area contributed by atoms with Crippen molar-refractivity contribution in [2.24, 2.45) is 0 Å². The highest BCUT2D eigenvalue weighted by Gasteiger charge is 2.23. The highest BCUT2D eigenvalue weighted by molar-refractivity contribution is 7.91.